The third-order valence-electron chi connectivity index (χ3n) is 3.26. The van der Waals surface area contributed by atoms with Gasteiger partial charge in [0.05, 0.1) is 6.54 Å². The van der Waals surface area contributed by atoms with Gasteiger partial charge in [-0.2, -0.15) is 0 Å². The Morgan fingerprint density at radius 1 is 1.43 bits per heavy atom. The van der Waals surface area contributed by atoms with Gasteiger partial charge in [0.25, 0.3) is 0 Å². The average molecular weight is 194 g/mol. The molecule has 2 nitrogen and oxygen atoms in total. The summed E-state index contributed by atoms with van der Waals surface area (Å²) >= 11 is 0. The van der Waals surface area contributed by atoms with Crippen LogP contribution in [-0.2, 0) is 0 Å². The van der Waals surface area contributed by atoms with Crippen LogP contribution in [0.3, 0.4) is 0 Å². The van der Waals surface area contributed by atoms with Gasteiger partial charge in [-0.3, -0.25) is 4.90 Å². The van der Waals surface area contributed by atoms with Crippen LogP contribution in [0.15, 0.2) is 0 Å². The van der Waals surface area contributed by atoms with Crippen LogP contribution in [0.4, 0.5) is 0 Å². The summed E-state index contributed by atoms with van der Waals surface area (Å²) in [6, 6.07) is 0.686. The van der Waals surface area contributed by atoms with Crippen LogP contribution < -0.4 is 5.73 Å². The second-order valence-electron chi connectivity index (χ2n) is 3.98. The Morgan fingerprint density at radius 2 is 2.21 bits per heavy atom. The number of nitrogens with zero attached hydrogens (tertiary/aromatic N) is 1. The van der Waals surface area contributed by atoms with E-state index in [1.165, 1.54) is 19.3 Å². The van der Waals surface area contributed by atoms with Crippen LogP contribution in [0.5, 0.6) is 0 Å². The molecule has 2 unspecified atom stereocenters. The highest BCUT2D eigenvalue weighted by molar-refractivity contribution is 5.00. The van der Waals surface area contributed by atoms with E-state index in [0.29, 0.717) is 12.0 Å². The monoisotopic (exact) mass is 194 g/mol. The number of hydrogen-bond donors (Lipinski definition) is 1. The normalized spacial score (nSPS) is 26.3. The summed E-state index contributed by atoms with van der Waals surface area (Å²) in [7, 11) is 0. The van der Waals surface area contributed by atoms with Gasteiger partial charge >= 0.3 is 0 Å². The molecule has 1 aliphatic rings. The van der Waals surface area contributed by atoms with Crippen LogP contribution in [0.1, 0.15) is 33.1 Å². The number of rotatable bonds is 4. The van der Waals surface area contributed by atoms with E-state index >= 15 is 0 Å². The molecule has 0 saturated heterocycles. The summed E-state index contributed by atoms with van der Waals surface area (Å²) in [5.74, 6) is 6.82. The van der Waals surface area contributed by atoms with E-state index in [4.69, 9.17) is 5.73 Å². The van der Waals surface area contributed by atoms with Gasteiger partial charge in [0.15, 0.2) is 0 Å². The minimum Gasteiger partial charge on any atom is -0.330 e. The van der Waals surface area contributed by atoms with Crippen molar-refractivity contribution in [2.45, 2.75) is 39.2 Å². The first-order valence-corrected chi connectivity index (χ1v) is 5.67. The van der Waals surface area contributed by atoms with Crippen molar-refractivity contribution in [3.8, 4) is 11.8 Å². The standard InChI is InChI=1S/C12H22N2/c1-3-5-9-14(4-2)12-8-6-7-11(12)10-13/h11-12H,4,6-10,13H2,1-2H3. The van der Waals surface area contributed by atoms with Crippen LogP contribution in [-0.4, -0.2) is 30.6 Å². The largest absolute Gasteiger partial charge is 0.330 e. The molecule has 0 spiro atoms. The Hall–Kier alpha value is -0.520. The van der Waals surface area contributed by atoms with Crippen molar-refractivity contribution in [3.63, 3.8) is 0 Å². The second kappa shape index (κ2) is 6.06. The van der Waals surface area contributed by atoms with Crippen LogP contribution >= 0.6 is 0 Å². The summed E-state index contributed by atoms with van der Waals surface area (Å²) in [4.78, 5) is 2.47. The Kier molecular flexibility index (Phi) is 5.00. The van der Waals surface area contributed by atoms with Crippen molar-refractivity contribution < 1.29 is 0 Å². The van der Waals surface area contributed by atoms with E-state index < -0.39 is 0 Å². The van der Waals surface area contributed by atoms with Gasteiger partial charge in [-0.05, 0) is 38.8 Å². The van der Waals surface area contributed by atoms with Gasteiger partial charge < -0.3 is 5.73 Å². The lowest BCUT2D eigenvalue weighted by atomic mass is 10.0. The number of hydrogen-bond acceptors (Lipinski definition) is 2. The molecule has 1 aliphatic carbocycles. The topological polar surface area (TPSA) is 29.3 Å². The first kappa shape index (κ1) is 11.6. The molecule has 1 fully saturated rings. The van der Waals surface area contributed by atoms with Gasteiger partial charge in [0.2, 0.25) is 0 Å². The summed E-state index contributed by atoms with van der Waals surface area (Å²) in [5, 5.41) is 0. The van der Waals surface area contributed by atoms with E-state index in [9.17, 15) is 0 Å². The van der Waals surface area contributed by atoms with Gasteiger partial charge in [0.1, 0.15) is 0 Å². The van der Waals surface area contributed by atoms with Crippen molar-refractivity contribution in [2.24, 2.45) is 11.7 Å². The minimum atomic E-state index is 0.686. The molecule has 0 amide bonds. The highest BCUT2D eigenvalue weighted by Gasteiger charge is 2.29. The van der Waals surface area contributed by atoms with Crippen molar-refractivity contribution >= 4 is 0 Å². The molecule has 0 aliphatic heterocycles. The Labute approximate surface area is 87.8 Å². The molecule has 2 heteroatoms. The van der Waals surface area contributed by atoms with Crippen molar-refractivity contribution in [2.75, 3.05) is 19.6 Å². The second-order valence-corrected chi connectivity index (χ2v) is 3.98. The third-order valence-corrected chi connectivity index (χ3v) is 3.26. The lowest BCUT2D eigenvalue weighted by Crippen LogP contribution is -2.40. The maximum Gasteiger partial charge on any atom is 0.0603 e. The zero-order chi connectivity index (χ0) is 10.4. The molecule has 80 valence electrons. The molecule has 0 aromatic heterocycles. The van der Waals surface area contributed by atoms with Crippen molar-refractivity contribution in [1.29, 1.82) is 0 Å². The summed E-state index contributed by atoms with van der Waals surface area (Å²) in [5.41, 5.74) is 5.78. The predicted octanol–water partition coefficient (Wildman–Crippen LogP) is 1.46. The molecule has 0 bridgehead atoms. The smallest absolute Gasteiger partial charge is 0.0603 e. The molecule has 0 radical (unpaired) electrons. The van der Waals surface area contributed by atoms with Gasteiger partial charge in [0, 0.05) is 6.04 Å². The first-order valence-electron chi connectivity index (χ1n) is 5.67. The zero-order valence-electron chi connectivity index (χ0n) is 9.42. The van der Waals surface area contributed by atoms with Crippen molar-refractivity contribution in [1.82, 2.24) is 4.90 Å². The maximum atomic E-state index is 5.78. The summed E-state index contributed by atoms with van der Waals surface area (Å²) in [6.07, 6.45) is 3.95. The Morgan fingerprint density at radius 3 is 2.79 bits per heavy atom. The van der Waals surface area contributed by atoms with E-state index in [-0.39, 0.29) is 0 Å². The first-order chi connectivity index (χ1) is 6.83. The van der Waals surface area contributed by atoms with Crippen LogP contribution in [0, 0.1) is 17.8 Å². The molecule has 2 N–H and O–H groups in total. The maximum absolute atomic E-state index is 5.78. The van der Waals surface area contributed by atoms with E-state index in [2.05, 4.69) is 23.7 Å². The molecule has 2 atom stereocenters. The lowest BCUT2D eigenvalue weighted by Gasteiger charge is -2.29. The fourth-order valence-electron chi connectivity index (χ4n) is 2.42. The van der Waals surface area contributed by atoms with E-state index in [1.807, 2.05) is 6.92 Å². The zero-order valence-corrected chi connectivity index (χ0v) is 9.42. The lowest BCUT2D eigenvalue weighted by molar-refractivity contribution is 0.191. The SMILES string of the molecule is CC#CCN(CC)C1CCCC1CN. The fourth-order valence-corrected chi connectivity index (χ4v) is 2.42. The highest BCUT2D eigenvalue weighted by Crippen LogP contribution is 2.28. The fraction of sp³-hybridized carbons (Fsp3) is 0.833. The molecule has 0 aromatic carbocycles. The molecule has 14 heavy (non-hydrogen) atoms. The predicted molar refractivity (Wildman–Crippen MR) is 60.9 cm³/mol. The van der Waals surface area contributed by atoms with Gasteiger partial charge in [-0.15, -0.1) is 5.92 Å². The molecule has 0 aromatic rings. The third kappa shape index (κ3) is 2.73. The van der Waals surface area contributed by atoms with Crippen LogP contribution in [0.2, 0.25) is 0 Å². The Bertz CT molecular complexity index is 214. The quantitative estimate of drug-likeness (QED) is 0.687. The Balaban J connectivity index is 2.52. The van der Waals surface area contributed by atoms with Gasteiger partial charge in [-0.25, -0.2) is 0 Å². The highest BCUT2D eigenvalue weighted by atomic mass is 15.2. The van der Waals surface area contributed by atoms with Gasteiger partial charge in [-0.1, -0.05) is 19.3 Å². The summed E-state index contributed by atoms with van der Waals surface area (Å²) in [6.45, 7) is 6.96. The molecule has 1 rings (SSSR count). The number of nitrogens with two attached hydrogens (primary N) is 1. The van der Waals surface area contributed by atoms with E-state index in [1.54, 1.807) is 0 Å². The molecule has 0 heterocycles. The average Bonchev–Trinajstić information content (AvgIpc) is 2.67. The van der Waals surface area contributed by atoms with Crippen molar-refractivity contribution in [3.05, 3.63) is 0 Å². The molecular weight excluding hydrogens is 172 g/mol. The molecule has 1 saturated carbocycles. The molecular formula is C12H22N2. The van der Waals surface area contributed by atoms with Crippen LogP contribution in [0.25, 0.3) is 0 Å². The van der Waals surface area contributed by atoms with E-state index in [0.717, 1.165) is 19.6 Å². The summed E-state index contributed by atoms with van der Waals surface area (Å²) < 4.78 is 0. The minimum absolute atomic E-state index is 0.686.